The van der Waals surface area contributed by atoms with Gasteiger partial charge in [-0.25, -0.2) is 0 Å². The lowest BCUT2D eigenvalue weighted by molar-refractivity contribution is -0.136. The quantitative estimate of drug-likeness (QED) is 0.719. The zero-order valence-electron chi connectivity index (χ0n) is 11.2. The molecule has 2 unspecified atom stereocenters. The summed E-state index contributed by atoms with van der Waals surface area (Å²) in [4.78, 5) is 14.0. The van der Waals surface area contributed by atoms with Crippen LogP contribution in [0.4, 0.5) is 0 Å². The molecule has 1 saturated heterocycles. The van der Waals surface area contributed by atoms with Gasteiger partial charge in [0.25, 0.3) is 0 Å². The molecule has 0 aromatic carbocycles. The van der Waals surface area contributed by atoms with Gasteiger partial charge in [0.1, 0.15) is 0 Å². The van der Waals surface area contributed by atoms with Crippen LogP contribution in [0, 0.1) is 0 Å². The van der Waals surface area contributed by atoms with Crippen molar-refractivity contribution in [3.63, 3.8) is 0 Å². The van der Waals surface area contributed by atoms with Gasteiger partial charge in [0.05, 0.1) is 6.10 Å². The Morgan fingerprint density at radius 3 is 2.82 bits per heavy atom. The van der Waals surface area contributed by atoms with E-state index in [1.807, 2.05) is 4.90 Å². The van der Waals surface area contributed by atoms with Crippen molar-refractivity contribution in [2.24, 2.45) is 5.73 Å². The number of carbonyl (C=O) groups is 1. The molecule has 1 aliphatic heterocycles. The summed E-state index contributed by atoms with van der Waals surface area (Å²) in [6, 6.07) is 0.169. The molecular weight excluding hydrogens is 216 g/mol. The molecule has 1 aliphatic rings. The molecule has 0 saturated carbocycles. The van der Waals surface area contributed by atoms with Gasteiger partial charge in [-0.1, -0.05) is 19.8 Å². The maximum Gasteiger partial charge on any atom is 0.222 e. The zero-order valence-corrected chi connectivity index (χ0v) is 11.2. The lowest BCUT2D eigenvalue weighted by Crippen LogP contribution is -2.51. The highest BCUT2D eigenvalue weighted by atomic mass is 16.5. The molecule has 0 aromatic rings. The summed E-state index contributed by atoms with van der Waals surface area (Å²) in [5.41, 5.74) is 5.75. The third kappa shape index (κ3) is 4.28. The highest BCUT2D eigenvalue weighted by Crippen LogP contribution is 2.20. The SMILES string of the molecule is CCCCCC(=O)N1CCC(OC)CC1CN. The second kappa shape index (κ2) is 7.67. The minimum absolute atomic E-state index is 0.169. The van der Waals surface area contributed by atoms with Gasteiger partial charge in [0.15, 0.2) is 0 Å². The van der Waals surface area contributed by atoms with Gasteiger partial charge in [-0.05, 0) is 19.3 Å². The van der Waals surface area contributed by atoms with Gasteiger partial charge in [-0.3, -0.25) is 4.79 Å². The van der Waals surface area contributed by atoms with Gasteiger partial charge < -0.3 is 15.4 Å². The number of piperidine rings is 1. The van der Waals surface area contributed by atoms with E-state index in [1.54, 1.807) is 7.11 Å². The molecule has 2 atom stereocenters. The Morgan fingerprint density at radius 2 is 2.24 bits per heavy atom. The van der Waals surface area contributed by atoms with Crippen molar-refractivity contribution in [3.8, 4) is 0 Å². The fourth-order valence-corrected chi connectivity index (χ4v) is 2.45. The van der Waals surface area contributed by atoms with Crippen LogP contribution < -0.4 is 5.73 Å². The molecule has 1 amide bonds. The monoisotopic (exact) mass is 242 g/mol. The maximum atomic E-state index is 12.1. The van der Waals surface area contributed by atoms with E-state index in [1.165, 1.54) is 0 Å². The summed E-state index contributed by atoms with van der Waals surface area (Å²) < 4.78 is 5.36. The van der Waals surface area contributed by atoms with Crippen LogP contribution in [0.5, 0.6) is 0 Å². The molecular formula is C13H26N2O2. The molecule has 2 N–H and O–H groups in total. The van der Waals surface area contributed by atoms with E-state index >= 15 is 0 Å². The number of carbonyl (C=O) groups excluding carboxylic acids is 1. The normalized spacial score (nSPS) is 25.0. The number of amides is 1. The van der Waals surface area contributed by atoms with E-state index in [0.29, 0.717) is 13.0 Å². The van der Waals surface area contributed by atoms with Crippen LogP contribution in [0.1, 0.15) is 45.4 Å². The summed E-state index contributed by atoms with van der Waals surface area (Å²) in [5, 5.41) is 0. The predicted octanol–water partition coefficient (Wildman–Crippen LogP) is 1.53. The summed E-state index contributed by atoms with van der Waals surface area (Å²) in [7, 11) is 1.73. The Kier molecular flexibility index (Phi) is 6.52. The van der Waals surface area contributed by atoms with E-state index in [0.717, 1.165) is 38.6 Å². The number of hydrogen-bond acceptors (Lipinski definition) is 3. The number of likely N-dealkylation sites (tertiary alicyclic amines) is 1. The first-order valence-electron chi connectivity index (χ1n) is 6.75. The van der Waals surface area contributed by atoms with Crippen LogP contribution in [0.2, 0.25) is 0 Å². The Hall–Kier alpha value is -0.610. The molecule has 0 spiro atoms. The maximum absolute atomic E-state index is 12.1. The van der Waals surface area contributed by atoms with Crippen LogP contribution >= 0.6 is 0 Å². The number of methoxy groups -OCH3 is 1. The van der Waals surface area contributed by atoms with Crippen molar-refractivity contribution in [2.45, 2.75) is 57.6 Å². The number of nitrogens with two attached hydrogens (primary N) is 1. The lowest BCUT2D eigenvalue weighted by atomic mass is 9.98. The Morgan fingerprint density at radius 1 is 1.47 bits per heavy atom. The predicted molar refractivity (Wildman–Crippen MR) is 68.7 cm³/mol. The molecule has 4 heteroatoms. The van der Waals surface area contributed by atoms with Crippen LogP contribution in [-0.4, -0.2) is 43.2 Å². The van der Waals surface area contributed by atoms with E-state index < -0.39 is 0 Å². The number of rotatable bonds is 6. The first-order valence-corrected chi connectivity index (χ1v) is 6.75. The number of hydrogen-bond donors (Lipinski definition) is 1. The van der Waals surface area contributed by atoms with Gasteiger partial charge in [0, 0.05) is 32.7 Å². The molecule has 0 bridgehead atoms. The average molecular weight is 242 g/mol. The Balaban J connectivity index is 2.43. The zero-order chi connectivity index (χ0) is 12.7. The average Bonchev–Trinajstić information content (AvgIpc) is 2.38. The lowest BCUT2D eigenvalue weighted by Gasteiger charge is -2.38. The third-order valence-corrected chi connectivity index (χ3v) is 3.59. The molecule has 0 aromatic heterocycles. The van der Waals surface area contributed by atoms with Crippen molar-refractivity contribution in [1.29, 1.82) is 0 Å². The van der Waals surface area contributed by atoms with E-state index in [4.69, 9.17) is 10.5 Å². The molecule has 100 valence electrons. The fourth-order valence-electron chi connectivity index (χ4n) is 2.45. The number of unbranched alkanes of at least 4 members (excludes halogenated alkanes) is 2. The highest BCUT2D eigenvalue weighted by molar-refractivity contribution is 5.76. The smallest absolute Gasteiger partial charge is 0.222 e. The van der Waals surface area contributed by atoms with E-state index in [-0.39, 0.29) is 18.1 Å². The molecule has 1 heterocycles. The Bertz CT molecular complexity index is 233. The second-order valence-electron chi connectivity index (χ2n) is 4.82. The van der Waals surface area contributed by atoms with Crippen LogP contribution in [0.3, 0.4) is 0 Å². The van der Waals surface area contributed by atoms with Gasteiger partial charge in [-0.15, -0.1) is 0 Å². The fraction of sp³-hybridized carbons (Fsp3) is 0.923. The van der Waals surface area contributed by atoms with Crippen LogP contribution in [0.15, 0.2) is 0 Å². The largest absolute Gasteiger partial charge is 0.381 e. The third-order valence-electron chi connectivity index (χ3n) is 3.59. The summed E-state index contributed by atoms with van der Waals surface area (Å²) >= 11 is 0. The molecule has 4 nitrogen and oxygen atoms in total. The van der Waals surface area contributed by atoms with Crippen molar-refractivity contribution in [1.82, 2.24) is 4.90 Å². The molecule has 1 rings (SSSR count). The molecule has 0 radical (unpaired) electrons. The molecule has 0 aliphatic carbocycles. The standard InChI is InChI=1S/C13H26N2O2/c1-3-4-5-6-13(16)15-8-7-12(17-2)9-11(15)10-14/h11-12H,3-10,14H2,1-2H3. The number of nitrogens with zero attached hydrogens (tertiary/aromatic N) is 1. The Labute approximate surface area is 104 Å². The summed E-state index contributed by atoms with van der Waals surface area (Å²) in [5.74, 6) is 0.267. The van der Waals surface area contributed by atoms with Gasteiger partial charge >= 0.3 is 0 Å². The van der Waals surface area contributed by atoms with Crippen molar-refractivity contribution >= 4 is 5.91 Å². The minimum atomic E-state index is 0.169. The van der Waals surface area contributed by atoms with Crippen LogP contribution in [-0.2, 0) is 9.53 Å². The second-order valence-corrected chi connectivity index (χ2v) is 4.82. The van der Waals surface area contributed by atoms with E-state index in [9.17, 15) is 4.79 Å². The van der Waals surface area contributed by atoms with Gasteiger partial charge in [0.2, 0.25) is 5.91 Å². The van der Waals surface area contributed by atoms with Crippen molar-refractivity contribution in [2.75, 3.05) is 20.2 Å². The van der Waals surface area contributed by atoms with Gasteiger partial charge in [-0.2, -0.15) is 0 Å². The van der Waals surface area contributed by atoms with Crippen molar-refractivity contribution < 1.29 is 9.53 Å². The summed E-state index contributed by atoms with van der Waals surface area (Å²) in [6.07, 6.45) is 6.04. The minimum Gasteiger partial charge on any atom is -0.381 e. The highest BCUT2D eigenvalue weighted by Gasteiger charge is 2.30. The van der Waals surface area contributed by atoms with Crippen molar-refractivity contribution in [3.05, 3.63) is 0 Å². The number of ether oxygens (including phenoxy) is 1. The molecule has 17 heavy (non-hydrogen) atoms. The first kappa shape index (κ1) is 14.5. The topological polar surface area (TPSA) is 55.6 Å². The summed E-state index contributed by atoms with van der Waals surface area (Å²) in [6.45, 7) is 3.49. The molecule has 1 fully saturated rings. The first-order chi connectivity index (χ1) is 8.22. The van der Waals surface area contributed by atoms with Crippen LogP contribution in [0.25, 0.3) is 0 Å². The van der Waals surface area contributed by atoms with E-state index in [2.05, 4.69) is 6.92 Å².